The molecule has 0 aliphatic carbocycles. The Morgan fingerprint density at radius 3 is 2.17 bits per heavy atom. The third kappa shape index (κ3) is 10.5. The molecule has 0 saturated heterocycles. The molecule has 0 fully saturated rings. The maximum Gasteiger partial charge on any atom is 0.325 e. The van der Waals surface area contributed by atoms with Crippen molar-refractivity contribution in [1.82, 2.24) is 10.0 Å². The Hall–Kier alpha value is -1.23. The Labute approximate surface area is 150 Å². The van der Waals surface area contributed by atoms with E-state index in [1.165, 1.54) is 57.4 Å². The lowest BCUT2D eigenvalue weighted by molar-refractivity contribution is 0.246. The lowest BCUT2D eigenvalue weighted by Crippen LogP contribution is -2.32. The number of benzene rings is 1. The highest BCUT2D eigenvalue weighted by Gasteiger charge is 2.04. The molecular weight excluding hydrogens is 323 g/mol. The molecule has 2 amide bonds. The number of hydrogen-bond acceptors (Lipinski definition) is 2. The van der Waals surface area contributed by atoms with E-state index in [9.17, 15) is 9.18 Å². The quantitative estimate of drug-likeness (QED) is 0.334. The van der Waals surface area contributed by atoms with Gasteiger partial charge in [-0.25, -0.2) is 9.18 Å². The summed E-state index contributed by atoms with van der Waals surface area (Å²) in [6.07, 6.45) is 12.8. The van der Waals surface area contributed by atoms with Gasteiger partial charge in [0.25, 0.3) is 0 Å². The van der Waals surface area contributed by atoms with Gasteiger partial charge >= 0.3 is 6.03 Å². The van der Waals surface area contributed by atoms with Gasteiger partial charge in [0.05, 0.1) is 4.90 Å². The second-order valence-corrected chi connectivity index (χ2v) is 6.92. The first kappa shape index (κ1) is 20.8. The number of unbranched alkanes of at least 4 members (excludes halogenated alkanes) is 9. The summed E-state index contributed by atoms with van der Waals surface area (Å²) < 4.78 is 16.0. The van der Waals surface area contributed by atoms with Gasteiger partial charge in [0.1, 0.15) is 5.82 Å². The molecule has 2 N–H and O–H groups in total. The molecule has 0 aromatic heterocycles. The van der Waals surface area contributed by atoms with Crippen molar-refractivity contribution in [3.8, 4) is 0 Å². The normalized spacial score (nSPS) is 10.6. The number of urea groups is 1. The van der Waals surface area contributed by atoms with Crippen LogP contribution in [0.4, 0.5) is 9.18 Å². The molecular formula is C19H31FN2OS. The standard InChI is InChI=1S/C19H31FN2OS/c1-2-3-4-5-6-7-8-9-10-13-16-21-19(23)22-24-18-15-12-11-14-17(18)20/h11-12,14-15H,2-10,13,16H2,1H3,(H2,21,22,23). The highest BCUT2D eigenvalue weighted by atomic mass is 32.2. The molecule has 0 aliphatic rings. The zero-order chi connectivity index (χ0) is 17.5. The van der Waals surface area contributed by atoms with Gasteiger partial charge in [-0.15, -0.1) is 0 Å². The van der Waals surface area contributed by atoms with Crippen molar-refractivity contribution in [3.63, 3.8) is 0 Å². The maximum absolute atomic E-state index is 13.4. The molecule has 1 aromatic rings. The van der Waals surface area contributed by atoms with Crippen molar-refractivity contribution >= 4 is 18.0 Å². The molecule has 0 aliphatic heterocycles. The maximum atomic E-state index is 13.4. The van der Waals surface area contributed by atoms with Crippen LogP contribution in [0.25, 0.3) is 0 Å². The van der Waals surface area contributed by atoms with Crippen LogP contribution in [0.1, 0.15) is 71.1 Å². The minimum Gasteiger partial charge on any atom is -0.337 e. The summed E-state index contributed by atoms with van der Waals surface area (Å²) in [7, 11) is 0. The first-order valence-electron chi connectivity index (χ1n) is 9.19. The van der Waals surface area contributed by atoms with E-state index in [1.54, 1.807) is 18.2 Å². The number of hydrogen-bond donors (Lipinski definition) is 2. The van der Waals surface area contributed by atoms with Crippen LogP contribution in [0.5, 0.6) is 0 Å². The van der Waals surface area contributed by atoms with Crippen LogP contribution in [-0.4, -0.2) is 12.6 Å². The first-order valence-corrected chi connectivity index (χ1v) is 10.0. The summed E-state index contributed by atoms with van der Waals surface area (Å²) in [6.45, 7) is 2.91. The first-order chi connectivity index (χ1) is 11.7. The second-order valence-electron chi connectivity index (χ2n) is 6.07. The van der Waals surface area contributed by atoms with Crippen LogP contribution < -0.4 is 10.0 Å². The number of nitrogens with one attached hydrogen (secondary N) is 2. The molecule has 0 radical (unpaired) electrons. The number of carbonyl (C=O) groups excluding carboxylic acids is 1. The third-order valence-corrected chi connectivity index (χ3v) is 4.74. The van der Waals surface area contributed by atoms with E-state index >= 15 is 0 Å². The van der Waals surface area contributed by atoms with E-state index in [1.807, 2.05) is 0 Å². The Bertz CT molecular complexity index is 457. The van der Waals surface area contributed by atoms with Crippen molar-refractivity contribution in [2.75, 3.05) is 6.54 Å². The average molecular weight is 355 g/mol. The largest absolute Gasteiger partial charge is 0.337 e. The SMILES string of the molecule is CCCCCCCCCCCCNC(=O)NSc1ccccc1F. The van der Waals surface area contributed by atoms with Gasteiger partial charge in [-0.05, 0) is 30.5 Å². The topological polar surface area (TPSA) is 41.1 Å². The minimum atomic E-state index is -0.322. The van der Waals surface area contributed by atoms with Gasteiger partial charge in [-0.1, -0.05) is 76.8 Å². The molecule has 0 spiro atoms. The van der Waals surface area contributed by atoms with Crippen LogP contribution in [0.3, 0.4) is 0 Å². The smallest absolute Gasteiger partial charge is 0.325 e. The van der Waals surface area contributed by atoms with Crippen molar-refractivity contribution < 1.29 is 9.18 Å². The van der Waals surface area contributed by atoms with E-state index < -0.39 is 0 Å². The van der Waals surface area contributed by atoms with E-state index in [0.29, 0.717) is 11.4 Å². The minimum absolute atomic E-state index is 0.265. The van der Waals surface area contributed by atoms with Crippen molar-refractivity contribution in [2.45, 2.75) is 76.0 Å². The molecule has 0 atom stereocenters. The Morgan fingerprint density at radius 2 is 1.54 bits per heavy atom. The van der Waals surface area contributed by atoms with Gasteiger partial charge in [0.15, 0.2) is 0 Å². The Balaban J connectivity index is 1.90. The molecule has 0 bridgehead atoms. The van der Waals surface area contributed by atoms with E-state index in [4.69, 9.17) is 0 Å². The van der Waals surface area contributed by atoms with Crippen LogP contribution in [0, 0.1) is 5.82 Å². The van der Waals surface area contributed by atoms with E-state index in [2.05, 4.69) is 17.0 Å². The second kappa shape index (κ2) is 14.1. The molecule has 24 heavy (non-hydrogen) atoms. The van der Waals surface area contributed by atoms with Gasteiger partial charge in [0.2, 0.25) is 0 Å². The van der Waals surface area contributed by atoms with E-state index in [-0.39, 0.29) is 11.8 Å². The van der Waals surface area contributed by atoms with Crippen molar-refractivity contribution in [1.29, 1.82) is 0 Å². The highest BCUT2D eigenvalue weighted by Crippen LogP contribution is 2.17. The van der Waals surface area contributed by atoms with Crippen LogP contribution >= 0.6 is 11.9 Å². The monoisotopic (exact) mass is 354 g/mol. The van der Waals surface area contributed by atoms with Gasteiger partial charge in [-0.2, -0.15) is 0 Å². The average Bonchev–Trinajstić information content (AvgIpc) is 2.59. The summed E-state index contributed by atoms with van der Waals surface area (Å²) in [6, 6.07) is 6.13. The fourth-order valence-corrected chi connectivity index (χ4v) is 3.07. The van der Waals surface area contributed by atoms with E-state index in [0.717, 1.165) is 24.8 Å². The summed E-state index contributed by atoms with van der Waals surface area (Å²) in [4.78, 5) is 12.0. The highest BCUT2D eigenvalue weighted by molar-refractivity contribution is 7.98. The van der Waals surface area contributed by atoms with Gasteiger partial charge in [0, 0.05) is 6.54 Å². The van der Waals surface area contributed by atoms with Crippen LogP contribution in [0.2, 0.25) is 0 Å². The lowest BCUT2D eigenvalue weighted by atomic mass is 10.1. The lowest BCUT2D eigenvalue weighted by Gasteiger charge is -2.07. The molecule has 0 heterocycles. The number of carbonyl (C=O) groups is 1. The number of rotatable bonds is 13. The molecule has 1 rings (SSSR count). The number of amides is 2. The molecule has 1 aromatic carbocycles. The summed E-state index contributed by atoms with van der Waals surface area (Å²) in [5.74, 6) is -0.322. The fourth-order valence-electron chi connectivity index (χ4n) is 2.48. The van der Waals surface area contributed by atoms with Crippen molar-refractivity contribution in [3.05, 3.63) is 30.1 Å². The molecule has 3 nitrogen and oxygen atoms in total. The number of halogens is 1. The van der Waals surface area contributed by atoms with Crippen LogP contribution in [-0.2, 0) is 0 Å². The molecule has 0 saturated carbocycles. The predicted octanol–water partition coefficient (Wildman–Crippen LogP) is 6.05. The Kier molecular flexibility index (Phi) is 12.3. The molecule has 5 heteroatoms. The summed E-state index contributed by atoms with van der Waals surface area (Å²) in [5.41, 5.74) is 0. The summed E-state index contributed by atoms with van der Waals surface area (Å²) >= 11 is 1.00. The molecule has 0 unspecified atom stereocenters. The zero-order valence-electron chi connectivity index (χ0n) is 14.8. The Morgan fingerprint density at radius 1 is 0.958 bits per heavy atom. The molecule has 136 valence electrons. The van der Waals surface area contributed by atoms with Gasteiger partial charge in [-0.3, -0.25) is 4.72 Å². The van der Waals surface area contributed by atoms with Crippen molar-refractivity contribution in [2.24, 2.45) is 0 Å². The summed E-state index contributed by atoms with van der Waals surface area (Å²) in [5, 5.41) is 2.80. The van der Waals surface area contributed by atoms with Crippen LogP contribution in [0.15, 0.2) is 29.2 Å². The zero-order valence-corrected chi connectivity index (χ0v) is 15.6. The third-order valence-electron chi connectivity index (χ3n) is 3.91. The van der Waals surface area contributed by atoms with Gasteiger partial charge < -0.3 is 5.32 Å². The fraction of sp³-hybridized carbons (Fsp3) is 0.632. The predicted molar refractivity (Wildman–Crippen MR) is 101 cm³/mol.